The fourth-order valence-electron chi connectivity index (χ4n) is 2.32. The maximum Gasteiger partial charge on any atom is 0.128 e. The summed E-state index contributed by atoms with van der Waals surface area (Å²) >= 11 is 0. The zero-order valence-electron chi connectivity index (χ0n) is 12.2. The molecular formula is C16H25F2N. The fraction of sp³-hybridized carbons (Fsp3) is 0.625. The van der Waals surface area contributed by atoms with Gasteiger partial charge in [-0.05, 0) is 38.5 Å². The van der Waals surface area contributed by atoms with Crippen molar-refractivity contribution in [3.8, 4) is 0 Å². The Morgan fingerprint density at radius 3 is 2.53 bits per heavy atom. The van der Waals surface area contributed by atoms with E-state index in [-0.39, 0.29) is 17.7 Å². The number of rotatable bonds is 8. The molecule has 0 heterocycles. The second kappa shape index (κ2) is 8.26. The van der Waals surface area contributed by atoms with Crippen molar-refractivity contribution in [2.45, 2.75) is 65.0 Å². The monoisotopic (exact) mass is 269 g/mol. The van der Waals surface area contributed by atoms with E-state index in [9.17, 15) is 8.78 Å². The summed E-state index contributed by atoms with van der Waals surface area (Å²) in [5.74, 6) is -0.736. The van der Waals surface area contributed by atoms with Gasteiger partial charge in [-0.15, -0.1) is 0 Å². The highest BCUT2D eigenvalue weighted by atomic mass is 19.1. The highest BCUT2D eigenvalue weighted by Crippen LogP contribution is 2.19. The zero-order chi connectivity index (χ0) is 14.3. The van der Waals surface area contributed by atoms with E-state index < -0.39 is 0 Å². The van der Waals surface area contributed by atoms with Gasteiger partial charge in [0, 0.05) is 17.6 Å². The van der Waals surface area contributed by atoms with E-state index in [0.29, 0.717) is 11.6 Å². The third kappa shape index (κ3) is 5.68. The Hall–Kier alpha value is -0.960. The van der Waals surface area contributed by atoms with Gasteiger partial charge in [0.1, 0.15) is 11.6 Å². The third-order valence-corrected chi connectivity index (χ3v) is 3.45. The van der Waals surface area contributed by atoms with Crippen molar-refractivity contribution >= 4 is 0 Å². The summed E-state index contributed by atoms with van der Waals surface area (Å²) in [4.78, 5) is 0. The Balaban J connectivity index is 2.45. The summed E-state index contributed by atoms with van der Waals surface area (Å²) in [7, 11) is 0. The number of hydrogen-bond donors (Lipinski definition) is 1. The first kappa shape index (κ1) is 16.1. The average Bonchev–Trinajstić information content (AvgIpc) is 2.37. The topological polar surface area (TPSA) is 12.0 Å². The van der Waals surface area contributed by atoms with Gasteiger partial charge in [-0.25, -0.2) is 8.78 Å². The molecule has 1 aromatic rings. The van der Waals surface area contributed by atoms with Crippen molar-refractivity contribution in [3.05, 3.63) is 35.4 Å². The van der Waals surface area contributed by atoms with Gasteiger partial charge in [0.05, 0.1) is 0 Å². The molecule has 0 aliphatic carbocycles. The first-order valence-corrected chi connectivity index (χ1v) is 7.25. The molecule has 3 heteroatoms. The smallest absolute Gasteiger partial charge is 0.128 e. The molecule has 0 aliphatic rings. The van der Waals surface area contributed by atoms with Crippen molar-refractivity contribution in [2.75, 3.05) is 0 Å². The van der Waals surface area contributed by atoms with Gasteiger partial charge in [-0.3, -0.25) is 0 Å². The molecule has 1 aromatic carbocycles. The maximum absolute atomic E-state index is 13.6. The highest BCUT2D eigenvalue weighted by molar-refractivity contribution is 5.21. The van der Waals surface area contributed by atoms with Crippen LogP contribution in [-0.4, -0.2) is 6.04 Å². The highest BCUT2D eigenvalue weighted by Gasteiger charge is 2.14. The van der Waals surface area contributed by atoms with Crippen molar-refractivity contribution < 1.29 is 8.78 Å². The molecule has 0 spiro atoms. The van der Waals surface area contributed by atoms with Crippen molar-refractivity contribution in [1.29, 1.82) is 0 Å². The molecule has 0 amide bonds. The van der Waals surface area contributed by atoms with Crippen molar-refractivity contribution in [3.63, 3.8) is 0 Å². The van der Waals surface area contributed by atoms with Crippen LogP contribution in [0.25, 0.3) is 0 Å². The molecule has 19 heavy (non-hydrogen) atoms. The van der Waals surface area contributed by atoms with E-state index in [1.807, 2.05) is 6.92 Å². The Labute approximate surface area is 115 Å². The van der Waals surface area contributed by atoms with Gasteiger partial charge in [-0.2, -0.15) is 0 Å². The molecule has 2 unspecified atom stereocenters. The fourth-order valence-corrected chi connectivity index (χ4v) is 2.32. The molecule has 0 aliphatic heterocycles. The molecule has 2 atom stereocenters. The molecule has 1 N–H and O–H groups in total. The normalized spacial score (nSPS) is 14.4. The van der Waals surface area contributed by atoms with Gasteiger partial charge in [0.25, 0.3) is 0 Å². The van der Waals surface area contributed by atoms with Crippen molar-refractivity contribution in [2.24, 2.45) is 0 Å². The van der Waals surface area contributed by atoms with Gasteiger partial charge in [-0.1, -0.05) is 32.6 Å². The van der Waals surface area contributed by atoms with E-state index >= 15 is 0 Å². The number of nitrogens with one attached hydrogen (secondary N) is 1. The standard InChI is InChI=1S/C16H25F2N/c1-4-5-6-7-8-12(2)19-13(3)15-11-14(17)9-10-16(15)18/h9-13,19H,4-8H2,1-3H3. The van der Waals surface area contributed by atoms with Crippen LogP contribution in [0.4, 0.5) is 8.78 Å². The minimum Gasteiger partial charge on any atom is -0.308 e. The largest absolute Gasteiger partial charge is 0.308 e. The van der Waals surface area contributed by atoms with Crippen LogP contribution in [0.15, 0.2) is 18.2 Å². The van der Waals surface area contributed by atoms with Crippen LogP contribution in [0, 0.1) is 11.6 Å². The predicted molar refractivity (Wildman–Crippen MR) is 76.1 cm³/mol. The number of hydrogen-bond acceptors (Lipinski definition) is 1. The van der Waals surface area contributed by atoms with E-state index in [4.69, 9.17) is 0 Å². The van der Waals surface area contributed by atoms with Crippen molar-refractivity contribution in [1.82, 2.24) is 5.32 Å². The van der Waals surface area contributed by atoms with Crippen LogP contribution >= 0.6 is 0 Å². The third-order valence-electron chi connectivity index (χ3n) is 3.45. The number of unbranched alkanes of at least 4 members (excludes halogenated alkanes) is 3. The van der Waals surface area contributed by atoms with Crippen LogP contribution < -0.4 is 5.32 Å². The van der Waals surface area contributed by atoms with Gasteiger partial charge in [0.15, 0.2) is 0 Å². The first-order valence-electron chi connectivity index (χ1n) is 7.25. The zero-order valence-corrected chi connectivity index (χ0v) is 12.2. The molecule has 0 bridgehead atoms. The molecule has 0 fully saturated rings. The minimum absolute atomic E-state index is 0.170. The van der Waals surface area contributed by atoms with Gasteiger partial charge >= 0.3 is 0 Å². The number of halogens is 2. The molecule has 1 nitrogen and oxygen atoms in total. The summed E-state index contributed by atoms with van der Waals surface area (Å²) in [5.41, 5.74) is 0.403. The van der Waals surface area contributed by atoms with Crippen LogP contribution in [0.5, 0.6) is 0 Å². The summed E-state index contributed by atoms with van der Waals surface area (Å²) in [6.45, 7) is 6.16. The van der Waals surface area contributed by atoms with Crippen LogP contribution in [0.3, 0.4) is 0 Å². The van der Waals surface area contributed by atoms with Crippen LogP contribution in [-0.2, 0) is 0 Å². The molecule has 0 aromatic heterocycles. The average molecular weight is 269 g/mol. The molecule has 0 radical (unpaired) electrons. The van der Waals surface area contributed by atoms with E-state index in [1.165, 1.54) is 37.8 Å². The summed E-state index contributed by atoms with van der Waals surface area (Å²) < 4.78 is 26.8. The number of benzene rings is 1. The lowest BCUT2D eigenvalue weighted by atomic mass is 10.0. The van der Waals surface area contributed by atoms with Gasteiger partial charge < -0.3 is 5.32 Å². The second-order valence-electron chi connectivity index (χ2n) is 5.30. The molecule has 0 saturated carbocycles. The summed E-state index contributed by atoms with van der Waals surface area (Å²) in [6.07, 6.45) is 5.99. The predicted octanol–water partition coefficient (Wildman–Crippen LogP) is 4.97. The summed E-state index contributed by atoms with van der Waals surface area (Å²) in [6, 6.07) is 3.76. The quantitative estimate of drug-likeness (QED) is 0.657. The Morgan fingerprint density at radius 1 is 1.11 bits per heavy atom. The second-order valence-corrected chi connectivity index (χ2v) is 5.30. The molecule has 108 valence electrons. The van der Waals surface area contributed by atoms with Crippen LogP contribution in [0.2, 0.25) is 0 Å². The first-order chi connectivity index (χ1) is 9.04. The minimum atomic E-state index is -0.388. The van der Waals surface area contributed by atoms with E-state index in [1.54, 1.807) is 0 Å². The van der Waals surface area contributed by atoms with E-state index in [0.717, 1.165) is 12.5 Å². The maximum atomic E-state index is 13.6. The lowest BCUT2D eigenvalue weighted by Gasteiger charge is -2.21. The SMILES string of the molecule is CCCCCCC(C)NC(C)c1cc(F)ccc1F. The Morgan fingerprint density at radius 2 is 1.84 bits per heavy atom. The summed E-state index contributed by atoms with van der Waals surface area (Å²) in [5, 5.41) is 3.33. The molecule has 1 rings (SSSR count). The lowest BCUT2D eigenvalue weighted by molar-refractivity contribution is 0.426. The van der Waals surface area contributed by atoms with Crippen LogP contribution in [0.1, 0.15) is 64.5 Å². The Kier molecular flexibility index (Phi) is 7.00. The van der Waals surface area contributed by atoms with Gasteiger partial charge in [0.2, 0.25) is 0 Å². The Bertz CT molecular complexity index is 379. The molecular weight excluding hydrogens is 244 g/mol. The van der Waals surface area contributed by atoms with E-state index in [2.05, 4.69) is 19.2 Å². The molecule has 0 saturated heterocycles. The lowest BCUT2D eigenvalue weighted by Crippen LogP contribution is -2.29.